The summed E-state index contributed by atoms with van der Waals surface area (Å²) in [5.74, 6) is 1.48. The summed E-state index contributed by atoms with van der Waals surface area (Å²) in [6.45, 7) is 4.33. The second-order valence-corrected chi connectivity index (χ2v) is 5.25. The first-order valence-electron chi connectivity index (χ1n) is 6.27. The minimum Gasteiger partial charge on any atom is -0.481 e. The van der Waals surface area contributed by atoms with Crippen LogP contribution in [0.3, 0.4) is 0 Å². The third-order valence-corrected chi connectivity index (χ3v) is 3.86. The summed E-state index contributed by atoms with van der Waals surface area (Å²) < 4.78 is 15.7. The summed E-state index contributed by atoms with van der Waals surface area (Å²) in [6.07, 6.45) is 1.20. The maximum atomic E-state index is 5.43. The Morgan fingerprint density at radius 2 is 1.74 bits per heavy atom. The Balaban J connectivity index is 2.12. The van der Waals surface area contributed by atoms with Crippen molar-refractivity contribution < 1.29 is 14.2 Å². The van der Waals surface area contributed by atoms with Crippen molar-refractivity contribution >= 4 is 5.95 Å². The molecule has 0 amide bonds. The summed E-state index contributed by atoms with van der Waals surface area (Å²) in [4.78, 5) is 8.55. The Morgan fingerprint density at radius 3 is 2.16 bits per heavy atom. The van der Waals surface area contributed by atoms with Crippen molar-refractivity contribution in [1.82, 2.24) is 9.97 Å². The zero-order valence-electron chi connectivity index (χ0n) is 12.1. The third-order valence-electron chi connectivity index (χ3n) is 3.86. The Morgan fingerprint density at radius 1 is 1.16 bits per heavy atom. The molecule has 1 fully saturated rings. The number of nitrogens with one attached hydrogen (secondary N) is 1. The number of nitrogens with zero attached hydrogens (tertiary/aromatic N) is 2. The molecule has 1 aliphatic carbocycles. The highest BCUT2D eigenvalue weighted by Crippen LogP contribution is 2.43. The first-order chi connectivity index (χ1) is 9.01. The smallest absolute Gasteiger partial charge is 0.229 e. The van der Waals surface area contributed by atoms with Crippen LogP contribution >= 0.6 is 0 Å². The van der Waals surface area contributed by atoms with Crippen LogP contribution in [0.1, 0.15) is 20.3 Å². The SMILES string of the molecule is COc1cc(OC)nc(NC2CC(OC)C2(C)C)n1. The van der Waals surface area contributed by atoms with E-state index in [1.807, 2.05) is 0 Å². The van der Waals surface area contributed by atoms with Crippen LogP contribution in [0.25, 0.3) is 0 Å². The molecule has 0 aromatic carbocycles. The van der Waals surface area contributed by atoms with E-state index in [2.05, 4.69) is 29.1 Å². The van der Waals surface area contributed by atoms with Gasteiger partial charge in [-0.3, -0.25) is 0 Å². The fourth-order valence-electron chi connectivity index (χ4n) is 2.36. The maximum Gasteiger partial charge on any atom is 0.229 e. The molecule has 1 saturated carbocycles. The standard InChI is InChI=1S/C13H21N3O3/c1-13(2)8(6-9(13)17-3)14-12-15-10(18-4)7-11(16-12)19-5/h7-9H,6H2,1-5H3,(H,14,15,16). The van der Waals surface area contributed by atoms with E-state index in [1.54, 1.807) is 27.4 Å². The molecule has 0 aliphatic heterocycles. The van der Waals surface area contributed by atoms with Crippen LogP contribution in [0.2, 0.25) is 0 Å². The molecule has 2 rings (SSSR count). The van der Waals surface area contributed by atoms with Crippen LogP contribution in [0.5, 0.6) is 11.8 Å². The minimum absolute atomic E-state index is 0.0500. The number of hydrogen-bond donors (Lipinski definition) is 1. The van der Waals surface area contributed by atoms with Crippen LogP contribution in [0, 0.1) is 5.41 Å². The van der Waals surface area contributed by atoms with Gasteiger partial charge in [0.2, 0.25) is 17.7 Å². The number of anilines is 1. The van der Waals surface area contributed by atoms with Crippen LogP contribution in [0.15, 0.2) is 6.07 Å². The van der Waals surface area contributed by atoms with E-state index in [9.17, 15) is 0 Å². The van der Waals surface area contributed by atoms with Gasteiger partial charge in [0.05, 0.1) is 26.4 Å². The highest BCUT2D eigenvalue weighted by Gasteiger charge is 2.48. The molecule has 1 heterocycles. The van der Waals surface area contributed by atoms with Gasteiger partial charge < -0.3 is 19.5 Å². The lowest BCUT2D eigenvalue weighted by molar-refractivity contribution is -0.0796. The zero-order valence-corrected chi connectivity index (χ0v) is 12.1. The van der Waals surface area contributed by atoms with Crippen molar-refractivity contribution in [2.45, 2.75) is 32.4 Å². The second-order valence-electron chi connectivity index (χ2n) is 5.25. The summed E-state index contributed by atoms with van der Waals surface area (Å²) >= 11 is 0. The monoisotopic (exact) mass is 267 g/mol. The molecule has 0 bridgehead atoms. The lowest BCUT2D eigenvalue weighted by Crippen LogP contribution is -2.57. The van der Waals surface area contributed by atoms with E-state index in [0.29, 0.717) is 17.7 Å². The van der Waals surface area contributed by atoms with Gasteiger partial charge in [-0.15, -0.1) is 0 Å². The average molecular weight is 267 g/mol. The molecule has 1 aromatic rings. The minimum atomic E-state index is 0.0500. The zero-order chi connectivity index (χ0) is 14.0. The van der Waals surface area contributed by atoms with Gasteiger partial charge in [-0.1, -0.05) is 13.8 Å². The Bertz CT molecular complexity index is 429. The molecule has 6 heteroatoms. The number of hydrogen-bond acceptors (Lipinski definition) is 6. The highest BCUT2D eigenvalue weighted by molar-refractivity contribution is 5.36. The Kier molecular flexibility index (Phi) is 3.80. The largest absolute Gasteiger partial charge is 0.481 e. The van der Waals surface area contributed by atoms with E-state index in [0.717, 1.165) is 6.42 Å². The molecule has 2 atom stereocenters. The van der Waals surface area contributed by atoms with Crippen molar-refractivity contribution in [1.29, 1.82) is 0 Å². The average Bonchev–Trinajstić information content (AvgIpc) is 2.42. The van der Waals surface area contributed by atoms with Crippen LogP contribution in [-0.2, 0) is 4.74 Å². The lowest BCUT2D eigenvalue weighted by Gasteiger charge is -2.51. The molecule has 0 spiro atoms. The van der Waals surface area contributed by atoms with E-state index >= 15 is 0 Å². The predicted octanol–water partition coefficient (Wildman–Crippen LogP) is 1.72. The molecule has 1 aromatic heterocycles. The quantitative estimate of drug-likeness (QED) is 0.876. The van der Waals surface area contributed by atoms with Crippen LogP contribution in [0.4, 0.5) is 5.95 Å². The summed E-state index contributed by atoms with van der Waals surface area (Å²) in [5.41, 5.74) is 0.0500. The fourth-order valence-corrected chi connectivity index (χ4v) is 2.36. The summed E-state index contributed by atoms with van der Waals surface area (Å²) in [6, 6.07) is 1.92. The highest BCUT2D eigenvalue weighted by atomic mass is 16.5. The normalized spacial score (nSPS) is 24.5. The maximum absolute atomic E-state index is 5.43. The third kappa shape index (κ3) is 2.58. The first kappa shape index (κ1) is 13.9. The van der Waals surface area contributed by atoms with Crippen LogP contribution < -0.4 is 14.8 Å². The van der Waals surface area contributed by atoms with Gasteiger partial charge in [-0.2, -0.15) is 9.97 Å². The Labute approximate surface area is 113 Å². The van der Waals surface area contributed by atoms with Gasteiger partial charge in [0, 0.05) is 18.6 Å². The molecular weight excluding hydrogens is 246 g/mol. The molecule has 2 unspecified atom stereocenters. The van der Waals surface area contributed by atoms with Crippen molar-refractivity contribution in [3.8, 4) is 11.8 Å². The first-order valence-corrected chi connectivity index (χ1v) is 6.27. The second kappa shape index (κ2) is 5.21. The predicted molar refractivity (Wildman–Crippen MR) is 71.7 cm³/mol. The van der Waals surface area contributed by atoms with Gasteiger partial charge in [0.1, 0.15) is 0 Å². The molecule has 106 valence electrons. The van der Waals surface area contributed by atoms with Gasteiger partial charge in [0.25, 0.3) is 0 Å². The molecule has 19 heavy (non-hydrogen) atoms. The van der Waals surface area contributed by atoms with Gasteiger partial charge in [-0.25, -0.2) is 0 Å². The summed E-state index contributed by atoms with van der Waals surface area (Å²) in [7, 11) is 4.88. The molecular formula is C13H21N3O3. The summed E-state index contributed by atoms with van der Waals surface area (Å²) in [5, 5.41) is 3.32. The molecule has 1 N–H and O–H groups in total. The number of ether oxygens (including phenoxy) is 3. The molecule has 1 aliphatic rings. The number of methoxy groups -OCH3 is 3. The van der Waals surface area contributed by atoms with E-state index in [4.69, 9.17) is 14.2 Å². The van der Waals surface area contributed by atoms with Crippen molar-refractivity contribution in [2.75, 3.05) is 26.6 Å². The van der Waals surface area contributed by atoms with E-state index in [1.165, 1.54) is 0 Å². The van der Waals surface area contributed by atoms with Gasteiger partial charge in [0.15, 0.2) is 0 Å². The van der Waals surface area contributed by atoms with E-state index < -0.39 is 0 Å². The van der Waals surface area contributed by atoms with Crippen LogP contribution in [-0.4, -0.2) is 43.4 Å². The number of aromatic nitrogens is 2. The van der Waals surface area contributed by atoms with Crippen molar-refractivity contribution in [3.05, 3.63) is 6.07 Å². The molecule has 0 radical (unpaired) electrons. The van der Waals surface area contributed by atoms with Crippen molar-refractivity contribution in [2.24, 2.45) is 5.41 Å². The topological polar surface area (TPSA) is 65.5 Å². The van der Waals surface area contributed by atoms with Crippen molar-refractivity contribution in [3.63, 3.8) is 0 Å². The molecule has 0 saturated heterocycles. The van der Waals surface area contributed by atoms with E-state index in [-0.39, 0.29) is 17.6 Å². The van der Waals surface area contributed by atoms with Gasteiger partial charge >= 0.3 is 0 Å². The Hall–Kier alpha value is -1.56. The van der Waals surface area contributed by atoms with Gasteiger partial charge in [-0.05, 0) is 6.42 Å². The lowest BCUT2D eigenvalue weighted by atomic mass is 9.64. The number of rotatable bonds is 5. The fraction of sp³-hybridized carbons (Fsp3) is 0.692. The molecule has 6 nitrogen and oxygen atoms in total.